The Morgan fingerprint density at radius 1 is 1.25 bits per heavy atom. The molecule has 0 saturated heterocycles. The van der Waals surface area contributed by atoms with Gasteiger partial charge in [0.1, 0.15) is 0 Å². The number of rotatable bonds is 0. The molecule has 8 heavy (non-hydrogen) atoms. The van der Waals surface area contributed by atoms with Crippen LogP contribution in [-0.2, 0) is 0 Å². The van der Waals surface area contributed by atoms with Gasteiger partial charge in [-0.25, -0.2) is 0 Å². The number of allylic oxidation sites excluding steroid dienone is 2. The Morgan fingerprint density at radius 3 is 3.00 bits per heavy atom. The molecule has 0 aromatic heterocycles. The van der Waals surface area contributed by atoms with Crippen molar-refractivity contribution in [2.75, 3.05) is 0 Å². The number of hydrogen-bond donors (Lipinski definition) is 0. The fourth-order valence-electron chi connectivity index (χ4n) is 2.67. The third-order valence-electron chi connectivity index (χ3n) is 3.23. The average Bonchev–Trinajstić information content (AvgIpc) is 2.33. The second-order valence-electron chi connectivity index (χ2n) is 3.47. The summed E-state index contributed by atoms with van der Waals surface area (Å²) in [5.41, 5.74) is 0. The molecule has 0 spiro atoms. The summed E-state index contributed by atoms with van der Waals surface area (Å²) in [6, 6.07) is 0. The monoisotopic (exact) mass is 106 g/mol. The predicted octanol–water partition coefficient (Wildman–Crippen LogP) is 1.83. The first-order chi connectivity index (χ1) is 3.97. The zero-order valence-electron chi connectivity index (χ0n) is 4.88. The Hall–Kier alpha value is -0.260. The molecule has 3 unspecified atom stereocenters. The molecule has 2 saturated carbocycles. The van der Waals surface area contributed by atoms with E-state index in [-0.39, 0.29) is 0 Å². The molecule has 0 amide bonds. The van der Waals surface area contributed by atoms with Crippen molar-refractivity contribution < 1.29 is 0 Å². The van der Waals surface area contributed by atoms with Crippen LogP contribution in [0.15, 0.2) is 12.2 Å². The van der Waals surface area contributed by atoms with E-state index in [9.17, 15) is 0 Å². The Kier molecular flexibility index (Phi) is 0.415. The van der Waals surface area contributed by atoms with Gasteiger partial charge in [0.15, 0.2) is 0 Å². The van der Waals surface area contributed by atoms with Crippen molar-refractivity contribution in [1.82, 2.24) is 0 Å². The van der Waals surface area contributed by atoms with Crippen LogP contribution in [0.3, 0.4) is 0 Å². The van der Waals surface area contributed by atoms with Gasteiger partial charge in [0.05, 0.1) is 0 Å². The van der Waals surface area contributed by atoms with Gasteiger partial charge in [-0.05, 0) is 36.5 Å². The smallest absolute Gasteiger partial charge is 0.0197 e. The zero-order valence-corrected chi connectivity index (χ0v) is 4.88. The van der Waals surface area contributed by atoms with E-state index in [1.165, 1.54) is 24.7 Å². The molecule has 0 heterocycles. The summed E-state index contributed by atoms with van der Waals surface area (Å²) in [6.07, 6.45) is 7.77. The minimum Gasteiger partial charge on any atom is -0.0880 e. The lowest BCUT2D eigenvalue weighted by atomic mass is 9.84. The molecule has 0 heteroatoms. The molecular weight excluding hydrogens is 96.1 g/mol. The first-order valence-corrected chi connectivity index (χ1v) is 3.63. The molecule has 4 atom stereocenters. The first kappa shape index (κ1) is 3.71. The fourth-order valence-corrected chi connectivity index (χ4v) is 2.67. The second-order valence-corrected chi connectivity index (χ2v) is 3.47. The summed E-state index contributed by atoms with van der Waals surface area (Å²) < 4.78 is 0. The van der Waals surface area contributed by atoms with Crippen LogP contribution in [-0.4, -0.2) is 0 Å². The van der Waals surface area contributed by atoms with E-state index in [1.807, 2.05) is 0 Å². The molecular formula is C8H10. The molecule has 2 fully saturated rings. The SMILES string of the molecule is C1=CC2CC3C2[C@@H]3C1. The summed E-state index contributed by atoms with van der Waals surface area (Å²) in [7, 11) is 0. The van der Waals surface area contributed by atoms with Gasteiger partial charge in [-0.2, -0.15) is 0 Å². The van der Waals surface area contributed by atoms with Crippen molar-refractivity contribution in [2.45, 2.75) is 12.8 Å². The maximum absolute atomic E-state index is 2.44. The molecule has 0 aromatic carbocycles. The second kappa shape index (κ2) is 0.896. The van der Waals surface area contributed by atoms with Gasteiger partial charge in [0.2, 0.25) is 0 Å². The summed E-state index contributed by atoms with van der Waals surface area (Å²) in [4.78, 5) is 0. The van der Waals surface area contributed by atoms with Gasteiger partial charge in [-0.3, -0.25) is 0 Å². The van der Waals surface area contributed by atoms with Gasteiger partial charge in [-0.1, -0.05) is 12.2 Å². The number of fused-ring (bicyclic) bond motifs is 1. The number of hydrogen-bond acceptors (Lipinski definition) is 0. The van der Waals surface area contributed by atoms with Crippen LogP contribution in [0.25, 0.3) is 0 Å². The lowest BCUT2D eigenvalue weighted by Crippen LogP contribution is -2.12. The molecule has 42 valence electrons. The van der Waals surface area contributed by atoms with Crippen LogP contribution in [0.5, 0.6) is 0 Å². The average molecular weight is 106 g/mol. The highest BCUT2D eigenvalue weighted by Gasteiger charge is 2.62. The fraction of sp³-hybridized carbons (Fsp3) is 0.750. The Labute approximate surface area is 49.6 Å². The van der Waals surface area contributed by atoms with Crippen LogP contribution in [0.1, 0.15) is 12.8 Å². The predicted molar refractivity (Wildman–Crippen MR) is 32.3 cm³/mol. The van der Waals surface area contributed by atoms with E-state index in [0.29, 0.717) is 0 Å². The Bertz CT molecular complexity index is 153. The standard InChI is InChI=1S/C8H10/c1-2-5-4-7-6(3-1)8(5)7/h1-2,5-8H,3-4H2/t5?,6-,7?,8?/m1/s1. The molecule has 0 bridgehead atoms. The van der Waals surface area contributed by atoms with Gasteiger partial charge >= 0.3 is 0 Å². The maximum Gasteiger partial charge on any atom is -0.0197 e. The van der Waals surface area contributed by atoms with Crippen LogP contribution in [0.4, 0.5) is 0 Å². The first-order valence-electron chi connectivity index (χ1n) is 3.63. The van der Waals surface area contributed by atoms with Crippen molar-refractivity contribution in [3.63, 3.8) is 0 Å². The highest BCUT2D eigenvalue weighted by Crippen LogP contribution is 2.68. The third kappa shape index (κ3) is 0.229. The molecule has 3 aliphatic carbocycles. The van der Waals surface area contributed by atoms with E-state index in [4.69, 9.17) is 0 Å². The van der Waals surface area contributed by atoms with Gasteiger partial charge in [-0.15, -0.1) is 0 Å². The summed E-state index contributed by atoms with van der Waals surface area (Å²) in [5, 5.41) is 0. The summed E-state index contributed by atoms with van der Waals surface area (Å²) in [6.45, 7) is 0. The van der Waals surface area contributed by atoms with E-state index < -0.39 is 0 Å². The highest BCUT2D eigenvalue weighted by molar-refractivity contribution is 5.21. The maximum atomic E-state index is 2.44. The quantitative estimate of drug-likeness (QED) is 0.413. The van der Waals surface area contributed by atoms with Crippen LogP contribution < -0.4 is 0 Å². The van der Waals surface area contributed by atoms with E-state index in [2.05, 4.69) is 12.2 Å². The molecule has 3 aliphatic rings. The van der Waals surface area contributed by atoms with Crippen LogP contribution in [0, 0.1) is 23.7 Å². The normalized spacial score (nSPS) is 64.0. The van der Waals surface area contributed by atoms with E-state index in [0.717, 1.165) is 11.8 Å². The lowest BCUT2D eigenvalue weighted by Gasteiger charge is -2.20. The topological polar surface area (TPSA) is 0 Å². The largest absolute Gasteiger partial charge is 0.0880 e. The highest BCUT2D eigenvalue weighted by atomic mass is 14.7. The third-order valence-corrected chi connectivity index (χ3v) is 3.23. The van der Waals surface area contributed by atoms with Crippen LogP contribution >= 0.6 is 0 Å². The van der Waals surface area contributed by atoms with Gasteiger partial charge in [0, 0.05) is 0 Å². The lowest BCUT2D eigenvalue weighted by molar-refractivity contribution is 0.354. The Morgan fingerprint density at radius 2 is 2.25 bits per heavy atom. The van der Waals surface area contributed by atoms with E-state index >= 15 is 0 Å². The molecule has 0 nitrogen and oxygen atoms in total. The van der Waals surface area contributed by atoms with Crippen molar-refractivity contribution in [3.05, 3.63) is 12.2 Å². The van der Waals surface area contributed by atoms with Crippen molar-refractivity contribution in [2.24, 2.45) is 23.7 Å². The minimum atomic E-state index is 1.04. The minimum absolute atomic E-state index is 1.04. The molecule has 3 rings (SSSR count). The Balaban J connectivity index is 2.05. The van der Waals surface area contributed by atoms with Crippen molar-refractivity contribution in [3.8, 4) is 0 Å². The van der Waals surface area contributed by atoms with Gasteiger partial charge in [0.25, 0.3) is 0 Å². The summed E-state index contributed by atoms with van der Waals surface area (Å²) in [5.74, 6) is 4.57. The van der Waals surface area contributed by atoms with E-state index in [1.54, 1.807) is 0 Å². The van der Waals surface area contributed by atoms with Gasteiger partial charge < -0.3 is 0 Å². The summed E-state index contributed by atoms with van der Waals surface area (Å²) >= 11 is 0. The van der Waals surface area contributed by atoms with Crippen LogP contribution in [0.2, 0.25) is 0 Å². The zero-order chi connectivity index (χ0) is 5.14. The molecule has 0 aliphatic heterocycles. The van der Waals surface area contributed by atoms with Crippen molar-refractivity contribution >= 4 is 0 Å². The molecule has 0 aromatic rings. The molecule has 0 N–H and O–H groups in total. The molecule has 0 radical (unpaired) electrons. The van der Waals surface area contributed by atoms with Crippen molar-refractivity contribution in [1.29, 1.82) is 0 Å².